The normalized spacial score (nSPS) is 14.0. The maximum atomic E-state index is 13.3. The first-order chi connectivity index (χ1) is 9.65. The zero-order valence-corrected chi connectivity index (χ0v) is 12.0. The lowest BCUT2D eigenvalue weighted by molar-refractivity contribution is 0.0987. The van der Waals surface area contributed by atoms with Crippen LogP contribution in [-0.2, 0) is 0 Å². The molecule has 1 aliphatic rings. The maximum absolute atomic E-state index is 13.3. The monoisotopic (exact) mass is 307 g/mol. The van der Waals surface area contributed by atoms with Gasteiger partial charge < -0.3 is 4.90 Å². The van der Waals surface area contributed by atoms with Crippen molar-refractivity contribution in [3.8, 4) is 0 Å². The van der Waals surface area contributed by atoms with E-state index in [4.69, 9.17) is 11.6 Å². The molecule has 0 aliphatic carbocycles. The Morgan fingerprint density at radius 1 is 1.25 bits per heavy atom. The van der Waals surface area contributed by atoms with Crippen LogP contribution in [0.25, 0.3) is 0 Å². The lowest BCUT2D eigenvalue weighted by atomic mass is 10.1. The van der Waals surface area contributed by atoms with Crippen LogP contribution in [0.3, 0.4) is 0 Å². The van der Waals surface area contributed by atoms with Crippen molar-refractivity contribution in [2.24, 2.45) is 0 Å². The molecule has 20 heavy (non-hydrogen) atoms. The number of rotatable bonds is 1. The molecule has 5 heteroatoms. The molecule has 0 N–H and O–H groups in total. The summed E-state index contributed by atoms with van der Waals surface area (Å²) in [4.78, 5) is 15.2. The van der Waals surface area contributed by atoms with Crippen LogP contribution >= 0.6 is 23.4 Å². The van der Waals surface area contributed by atoms with Crippen molar-refractivity contribution >= 4 is 35.0 Å². The molecule has 2 aromatic carbocycles. The molecule has 102 valence electrons. The van der Waals surface area contributed by atoms with Crippen molar-refractivity contribution in [2.45, 2.75) is 4.90 Å². The van der Waals surface area contributed by atoms with E-state index in [9.17, 15) is 9.18 Å². The summed E-state index contributed by atoms with van der Waals surface area (Å²) in [5.74, 6) is 0.206. The van der Waals surface area contributed by atoms with Crippen LogP contribution in [0.15, 0.2) is 47.4 Å². The number of amides is 1. The molecule has 1 aliphatic heterocycles. The Labute approximate surface area is 125 Å². The van der Waals surface area contributed by atoms with E-state index in [0.29, 0.717) is 17.1 Å². The molecule has 0 radical (unpaired) electrons. The van der Waals surface area contributed by atoms with Crippen LogP contribution in [0.4, 0.5) is 10.1 Å². The summed E-state index contributed by atoms with van der Waals surface area (Å²) in [6.45, 7) is 0.591. The minimum Gasteiger partial charge on any atom is -0.306 e. The van der Waals surface area contributed by atoms with Gasteiger partial charge in [0.1, 0.15) is 5.82 Å². The number of carbonyl (C=O) groups excluding carboxylic acids is 1. The first-order valence-corrected chi connectivity index (χ1v) is 7.51. The van der Waals surface area contributed by atoms with Crippen LogP contribution in [0.5, 0.6) is 0 Å². The number of carbonyl (C=O) groups is 1. The summed E-state index contributed by atoms with van der Waals surface area (Å²) in [6.07, 6.45) is 0. The molecule has 2 aromatic rings. The van der Waals surface area contributed by atoms with Gasteiger partial charge in [0.25, 0.3) is 5.91 Å². The predicted molar refractivity (Wildman–Crippen MR) is 80.3 cm³/mol. The molecule has 0 unspecified atom stereocenters. The van der Waals surface area contributed by atoms with Gasteiger partial charge in [-0.05, 0) is 36.4 Å². The lowest BCUT2D eigenvalue weighted by Crippen LogP contribution is -2.35. The zero-order valence-electron chi connectivity index (χ0n) is 10.5. The zero-order chi connectivity index (χ0) is 14.1. The lowest BCUT2D eigenvalue weighted by Gasteiger charge is -2.29. The number of anilines is 1. The molecule has 0 saturated heterocycles. The standard InChI is InChI=1S/C15H11ClFNOS/c16-11-4-5-14-13(9-11)18(6-7-20-14)15(19)10-2-1-3-12(17)8-10/h1-5,8-9H,6-7H2. The van der Waals surface area contributed by atoms with Gasteiger partial charge in [-0.3, -0.25) is 4.79 Å². The highest BCUT2D eigenvalue weighted by Crippen LogP contribution is 2.37. The molecule has 3 rings (SSSR count). The number of fused-ring (bicyclic) bond motifs is 1. The van der Waals surface area contributed by atoms with E-state index >= 15 is 0 Å². The fourth-order valence-corrected chi connectivity index (χ4v) is 3.32. The Balaban J connectivity index is 2.00. The second-order valence-corrected chi connectivity index (χ2v) is 6.00. The second-order valence-electron chi connectivity index (χ2n) is 4.43. The van der Waals surface area contributed by atoms with E-state index in [1.807, 2.05) is 12.1 Å². The third-order valence-electron chi connectivity index (χ3n) is 3.10. The van der Waals surface area contributed by atoms with Crippen molar-refractivity contribution in [1.29, 1.82) is 0 Å². The summed E-state index contributed by atoms with van der Waals surface area (Å²) in [5, 5.41) is 0.586. The van der Waals surface area contributed by atoms with E-state index < -0.39 is 5.82 Å². The quantitative estimate of drug-likeness (QED) is 0.785. The topological polar surface area (TPSA) is 20.3 Å². The minimum absolute atomic E-state index is 0.201. The fraction of sp³-hybridized carbons (Fsp3) is 0.133. The van der Waals surface area contributed by atoms with Crippen LogP contribution in [0, 0.1) is 5.82 Å². The molecule has 0 saturated carbocycles. The van der Waals surface area contributed by atoms with Crippen LogP contribution in [0.1, 0.15) is 10.4 Å². The first-order valence-electron chi connectivity index (χ1n) is 6.15. The number of thioether (sulfide) groups is 1. The van der Waals surface area contributed by atoms with Gasteiger partial charge in [0.15, 0.2) is 0 Å². The minimum atomic E-state index is -0.409. The van der Waals surface area contributed by atoms with Gasteiger partial charge in [-0.2, -0.15) is 0 Å². The van der Waals surface area contributed by atoms with E-state index in [2.05, 4.69) is 0 Å². The Morgan fingerprint density at radius 3 is 2.90 bits per heavy atom. The smallest absolute Gasteiger partial charge is 0.258 e. The van der Waals surface area contributed by atoms with Crippen molar-refractivity contribution in [1.82, 2.24) is 0 Å². The average molecular weight is 308 g/mol. The summed E-state index contributed by atoms with van der Waals surface area (Å²) < 4.78 is 13.3. The predicted octanol–water partition coefficient (Wildman–Crippen LogP) is 4.23. The fourth-order valence-electron chi connectivity index (χ4n) is 2.18. The van der Waals surface area contributed by atoms with E-state index in [-0.39, 0.29) is 5.91 Å². The van der Waals surface area contributed by atoms with Crippen LogP contribution in [-0.4, -0.2) is 18.2 Å². The number of halogens is 2. The highest BCUT2D eigenvalue weighted by atomic mass is 35.5. The molecule has 1 amide bonds. The molecule has 1 heterocycles. The second kappa shape index (κ2) is 5.46. The van der Waals surface area contributed by atoms with Crippen molar-refractivity contribution < 1.29 is 9.18 Å². The molecule has 0 bridgehead atoms. The van der Waals surface area contributed by atoms with Gasteiger partial charge in [-0.1, -0.05) is 17.7 Å². The molecule has 0 aromatic heterocycles. The van der Waals surface area contributed by atoms with Crippen LogP contribution < -0.4 is 4.90 Å². The highest BCUT2D eigenvalue weighted by Gasteiger charge is 2.24. The van der Waals surface area contributed by atoms with Gasteiger partial charge in [-0.15, -0.1) is 11.8 Å². The van der Waals surface area contributed by atoms with Crippen LogP contribution in [0.2, 0.25) is 5.02 Å². The number of hydrogen-bond donors (Lipinski definition) is 0. The van der Waals surface area contributed by atoms with E-state index in [1.54, 1.807) is 34.9 Å². The Hall–Kier alpha value is -1.52. The maximum Gasteiger partial charge on any atom is 0.258 e. The summed E-state index contributed by atoms with van der Waals surface area (Å²) >= 11 is 7.70. The van der Waals surface area contributed by atoms with Gasteiger partial charge in [0.05, 0.1) is 5.69 Å². The largest absolute Gasteiger partial charge is 0.306 e. The van der Waals surface area contributed by atoms with Gasteiger partial charge >= 0.3 is 0 Å². The summed E-state index contributed by atoms with van der Waals surface area (Å²) in [6, 6.07) is 11.2. The molecule has 0 fully saturated rings. The van der Waals surface area contributed by atoms with Gasteiger partial charge in [0, 0.05) is 27.8 Å². The number of benzene rings is 2. The average Bonchev–Trinajstić information content (AvgIpc) is 2.46. The number of hydrogen-bond acceptors (Lipinski definition) is 2. The molecule has 0 atom stereocenters. The number of nitrogens with zero attached hydrogens (tertiary/aromatic N) is 1. The van der Waals surface area contributed by atoms with E-state index in [0.717, 1.165) is 16.3 Å². The SMILES string of the molecule is O=C(c1cccc(F)c1)N1CCSc2ccc(Cl)cc21. The molecular formula is C15H11ClFNOS. The van der Waals surface area contributed by atoms with Crippen molar-refractivity contribution in [3.05, 3.63) is 58.9 Å². The third kappa shape index (κ3) is 2.53. The van der Waals surface area contributed by atoms with E-state index in [1.165, 1.54) is 12.1 Å². The van der Waals surface area contributed by atoms with Gasteiger partial charge in [0.2, 0.25) is 0 Å². The highest BCUT2D eigenvalue weighted by molar-refractivity contribution is 7.99. The van der Waals surface area contributed by atoms with Gasteiger partial charge in [-0.25, -0.2) is 4.39 Å². The Morgan fingerprint density at radius 2 is 2.10 bits per heavy atom. The molecule has 0 spiro atoms. The molecule has 2 nitrogen and oxygen atoms in total. The Bertz CT molecular complexity index is 677. The Kier molecular flexibility index (Phi) is 3.68. The first kappa shape index (κ1) is 13.5. The van der Waals surface area contributed by atoms with Crippen molar-refractivity contribution in [2.75, 3.05) is 17.2 Å². The third-order valence-corrected chi connectivity index (χ3v) is 4.38. The summed E-state index contributed by atoms with van der Waals surface area (Å²) in [7, 11) is 0. The molecular weight excluding hydrogens is 297 g/mol. The van der Waals surface area contributed by atoms with Crippen molar-refractivity contribution in [3.63, 3.8) is 0 Å². The summed E-state index contributed by atoms with van der Waals surface area (Å²) in [5.41, 5.74) is 1.14.